The van der Waals surface area contributed by atoms with Crippen molar-refractivity contribution in [2.45, 2.75) is 58.9 Å². The quantitative estimate of drug-likeness (QED) is 0.717. The number of rotatable bonds is 7. The predicted octanol–water partition coefficient (Wildman–Crippen LogP) is 2.85. The first-order chi connectivity index (χ1) is 8.11. The van der Waals surface area contributed by atoms with E-state index in [9.17, 15) is 4.79 Å². The van der Waals surface area contributed by atoms with Crippen LogP contribution >= 0.6 is 0 Å². The summed E-state index contributed by atoms with van der Waals surface area (Å²) in [5, 5.41) is 3.27. The number of nitrogens with one attached hydrogen (secondary N) is 2. The van der Waals surface area contributed by atoms with Crippen molar-refractivity contribution in [3.05, 3.63) is 22.2 Å². The van der Waals surface area contributed by atoms with Gasteiger partial charge in [-0.05, 0) is 20.3 Å². The van der Waals surface area contributed by atoms with Crippen LogP contribution in [0.5, 0.6) is 0 Å². The summed E-state index contributed by atoms with van der Waals surface area (Å²) < 4.78 is 0. The lowest BCUT2D eigenvalue weighted by Gasteiger charge is -2.14. The Morgan fingerprint density at radius 3 is 2.82 bits per heavy atom. The van der Waals surface area contributed by atoms with Gasteiger partial charge >= 0.3 is 0 Å². The SMILES string of the molecule is CCCCCCC(C)Nc1cc(=O)[nH]c(C)n1. The average Bonchev–Trinajstić information content (AvgIpc) is 2.23. The van der Waals surface area contributed by atoms with Gasteiger partial charge < -0.3 is 10.3 Å². The Bertz CT molecular complexity index is 386. The third-order valence-corrected chi connectivity index (χ3v) is 2.75. The highest BCUT2D eigenvalue weighted by atomic mass is 16.1. The van der Waals surface area contributed by atoms with Gasteiger partial charge in [-0.3, -0.25) is 4.79 Å². The van der Waals surface area contributed by atoms with E-state index in [1.165, 1.54) is 31.7 Å². The second kappa shape index (κ2) is 7.09. The molecule has 1 aromatic heterocycles. The summed E-state index contributed by atoms with van der Waals surface area (Å²) in [6.45, 7) is 6.13. The smallest absolute Gasteiger partial charge is 0.252 e. The van der Waals surface area contributed by atoms with Crippen molar-refractivity contribution in [3.8, 4) is 0 Å². The van der Waals surface area contributed by atoms with Crippen molar-refractivity contribution in [1.82, 2.24) is 9.97 Å². The molecule has 1 aromatic rings. The van der Waals surface area contributed by atoms with Crippen LogP contribution in [0.1, 0.15) is 51.8 Å². The summed E-state index contributed by atoms with van der Waals surface area (Å²) >= 11 is 0. The second-order valence-corrected chi connectivity index (χ2v) is 4.61. The van der Waals surface area contributed by atoms with Crippen molar-refractivity contribution in [2.24, 2.45) is 0 Å². The summed E-state index contributed by atoms with van der Waals surface area (Å²) in [7, 11) is 0. The fourth-order valence-corrected chi connectivity index (χ4v) is 1.86. The molecule has 0 fully saturated rings. The van der Waals surface area contributed by atoms with Crippen LogP contribution in [0.3, 0.4) is 0 Å². The molecule has 2 N–H and O–H groups in total. The maximum absolute atomic E-state index is 11.3. The van der Waals surface area contributed by atoms with Crippen LogP contribution in [0.2, 0.25) is 0 Å². The van der Waals surface area contributed by atoms with Gasteiger partial charge in [0.15, 0.2) is 0 Å². The molecule has 0 amide bonds. The molecule has 4 heteroatoms. The Morgan fingerprint density at radius 2 is 2.18 bits per heavy atom. The van der Waals surface area contributed by atoms with Crippen molar-refractivity contribution in [3.63, 3.8) is 0 Å². The zero-order valence-electron chi connectivity index (χ0n) is 11.0. The van der Waals surface area contributed by atoms with Gasteiger partial charge in [-0.2, -0.15) is 0 Å². The molecule has 1 unspecified atom stereocenters. The van der Waals surface area contributed by atoms with Gasteiger partial charge in [0.1, 0.15) is 11.6 Å². The minimum absolute atomic E-state index is 0.0989. The highest BCUT2D eigenvalue weighted by molar-refractivity contribution is 5.33. The normalized spacial score (nSPS) is 12.4. The Labute approximate surface area is 103 Å². The molecule has 1 rings (SSSR count). The third kappa shape index (κ3) is 5.52. The van der Waals surface area contributed by atoms with Gasteiger partial charge in [-0.1, -0.05) is 32.6 Å². The Hall–Kier alpha value is -1.32. The number of unbranched alkanes of at least 4 members (excludes halogenated alkanes) is 3. The Balaban J connectivity index is 2.39. The molecule has 0 aromatic carbocycles. The molecule has 0 bridgehead atoms. The van der Waals surface area contributed by atoms with Crippen molar-refractivity contribution in [2.75, 3.05) is 5.32 Å². The lowest BCUT2D eigenvalue weighted by molar-refractivity contribution is 0.592. The molecule has 0 spiro atoms. The highest BCUT2D eigenvalue weighted by Crippen LogP contribution is 2.09. The lowest BCUT2D eigenvalue weighted by Crippen LogP contribution is -2.19. The second-order valence-electron chi connectivity index (χ2n) is 4.61. The van der Waals surface area contributed by atoms with Crippen LogP contribution in [-0.4, -0.2) is 16.0 Å². The molecule has 0 saturated carbocycles. The van der Waals surface area contributed by atoms with E-state index in [0.717, 1.165) is 6.42 Å². The van der Waals surface area contributed by atoms with Gasteiger partial charge in [0, 0.05) is 12.1 Å². The molecule has 0 aliphatic heterocycles. The molecule has 4 nitrogen and oxygen atoms in total. The predicted molar refractivity (Wildman–Crippen MR) is 71.4 cm³/mol. The van der Waals surface area contributed by atoms with Crippen molar-refractivity contribution in [1.29, 1.82) is 0 Å². The number of hydrogen-bond donors (Lipinski definition) is 2. The first-order valence-corrected chi connectivity index (χ1v) is 6.46. The molecule has 17 heavy (non-hydrogen) atoms. The standard InChI is InChI=1S/C13H23N3O/c1-4-5-6-7-8-10(2)14-12-9-13(17)16-11(3)15-12/h9-10H,4-8H2,1-3H3,(H2,14,15,16,17). The first-order valence-electron chi connectivity index (χ1n) is 6.46. The van der Waals surface area contributed by atoms with E-state index in [0.29, 0.717) is 17.7 Å². The number of aromatic nitrogens is 2. The first kappa shape index (κ1) is 13.7. The fraction of sp³-hybridized carbons (Fsp3) is 0.692. The number of anilines is 1. The molecule has 1 heterocycles. The van der Waals surface area contributed by atoms with E-state index in [1.807, 2.05) is 0 Å². The molecular formula is C13H23N3O. The maximum Gasteiger partial charge on any atom is 0.252 e. The van der Waals surface area contributed by atoms with E-state index in [1.54, 1.807) is 6.92 Å². The molecule has 0 radical (unpaired) electrons. The molecule has 96 valence electrons. The minimum atomic E-state index is -0.0989. The van der Waals surface area contributed by atoms with E-state index < -0.39 is 0 Å². The Morgan fingerprint density at radius 1 is 1.41 bits per heavy atom. The average molecular weight is 237 g/mol. The summed E-state index contributed by atoms with van der Waals surface area (Å²) in [5.41, 5.74) is -0.0989. The zero-order chi connectivity index (χ0) is 12.7. The topological polar surface area (TPSA) is 57.8 Å². The number of aromatic amines is 1. The van der Waals surface area contributed by atoms with Crippen LogP contribution in [0, 0.1) is 6.92 Å². The number of nitrogens with zero attached hydrogens (tertiary/aromatic N) is 1. The van der Waals surface area contributed by atoms with Crippen molar-refractivity contribution < 1.29 is 0 Å². The third-order valence-electron chi connectivity index (χ3n) is 2.75. The summed E-state index contributed by atoms with van der Waals surface area (Å²) in [6, 6.07) is 1.87. The molecule has 0 aliphatic carbocycles. The number of hydrogen-bond acceptors (Lipinski definition) is 3. The van der Waals surface area contributed by atoms with Crippen LogP contribution < -0.4 is 10.9 Å². The van der Waals surface area contributed by atoms with E-state index in [-0.39, 0.29) is 5.56 Å². The molecule has 0 aliphatic rings. The molecule has 0 saturated heterocycles. The maximum atomic E-state index is 11.3. The van der Waals surface area contributed by atoms with E-state index in [4.69, 9.17) is 0 Å². The van der Waals surface area contributed by atoms with Crippen LogP contribution in [0.4, 0.5) is 5.82 Å². The lowest BCUT2D eigenvalue weighted by atomic mass is 10.1. The zero-order valence-corrected chi connectivity index (χ0v) is 11.0. The number of H-pyrrole nitrogens is 1. The minimum Gasteiger partial charge on any atom is -0.367 e. The summed E-state index contributed by atoms with van der Waals surface area (Å²) in [6.07, 6.45) is 6.19. The van der Waals surface area contributed by atoms with E-state index in [2.05, 4.69) is 29.1 Å². The van der Waals surface area contributed by atoms with Gasteiger partial charge in [0.25, 0.3) is 5.56 Å². The van der Waals surface area contributed by atoms with Gasteiger partial charge in [-0.15, -0.1) is 0 Å². The molecule has 1 atom stereocenters. The van der Waals surface area contributed by atoms with Gasteiger partial charge in [0.2, 0.25) is 0 Å². The van der Waals surface area contributed by atoms with E-state index >= 15 is 0 Å². The number of aryl methyl sites for hydroxylation is 1. The van der Waals surface area contributed by atoms with Gasteiger partial charge in [0.05, 0.1) is 0 Å². The van der Waals surface area contributed by atoms with Crippen LogP contribution in [0.15, 0.2) is 10.9 Å². The molecular weight excluding hydrogens is 214 g/mol. The monoisotopic (exact) mass is 237 g/mol. The summed E-state index contributed by atoms with van der Waals surface area (Å²) in [5.74, 6) is 1.33. The van der Waals surface area contributed by atoms with Crippen LogP contribution in [0.25, 0.3) is 0 Å². The van der Waals surface area contributed by atoms with Gasteiger partial charge in [-0.25, -0.2) is 4.98 Å². The highest BCUT2D eigenvalue weighted by Gasteiger charge is 2.04. The summed E-state index contributed by atoms with van der Waals surface area (Å²) in [4.78, 5) is 18.1. The van der Waals surface area contributed by atoms with Crippen molar-refractivity contribution >= 4 is 5.82 Å². The Kier molecular flexibility index (Phi) is 5.73. The fourth-order valence-electron chi connectivity index (χ4n) is 1.86. The largest absolute Gasteiger partial charge is 0.367 e. The van der Waals surface area contributed by atoms with Crippen LogP contribution in [-0.2, 0) is 0 Å².